The van der Waals surface area contributed by atoms with Gasteiger partial charge in [0.25, 0.3) is 0 Å². The van der Waals surface area contributed by atoms with Gasteiger partial charge in [0.1, 0.15) is 0 Å². The van der Waals surface area contributed by atoms with Crippen molar-refractivity contribution in [2.24, 2.45) is 0 Å². The number of esters is 1. The first-order valence-electron chi connectivity index (χ1n) is 3.15. The van der Waals surface area contributed by atoms with Crippen LogP contribution in [0.3, 0.4) is 0 Å². The number of carbonyl (C=O) groups excluding carboxylic acids is 1. The first kappa shape index (κ1) is 8.45. The van der Waals surface area contributed by atoms with Crippen LogP contribution in [0.2, 0.25) is 0 Å². The van der Waals surface area contributed by atoms with Crippen LogP contribution in [0.5, 0.6) is 0 Å². The molecule has 12 heavy (non-hydrogen) atoms. The number of nitrogens with zero attached hydrogens (tertiary/aromatic N) is 1. The molecule has 0 aromatic carbocycles. The summed E-state index contributed by atoms with van der Waals surface area (Å²) in [5, 5.41) is 0. The second kappa shape index (κ2) is 3.17. The minimum Gasteiger partial charge on any atom is -0.464 e. The summed E-state index contributed by atoms with van der Waals surface area (Å²) < 4.78 is 16.8. The lowest BCUT2D eigenvalue weighted by Gasteiger charge is -1.99. The maximum atomic E-state index is 12.5. The molecule has 0 saturated heterocycles. The summed E-state index contributed by atoms with van der Waals surface area (Å²) in [7, 11) is 1.19. The van der Waals surface area contributed by atoms with E-state index in [0.29, 0.717) is 0 Å². The van der Waals surface area contributed by atoms with Gasteiger partial charge in [-0.25, -0.2) is 9.78 Å². The van der Waals surface area contributed by atoms with Gasteiger partial charge >= 0.3 is 5.97 Å². The molecular formula is C7H7FN2O2. The maximum absolute atomic E-state index is 12.5. The highest BCUT2D eigenvalue weighted by molar-refractivity contribution is 5.87. The molecule has 0 bridgehead atoms. The van der Waals surface area contributed by atoms with Gasteiger partial charge in [0.2, 0.25) is 5.95 Å². The Bertz CT molecular complexity index is 294. The van der Waals surface area contributed by atoms with Crippen molar-refractivity contribution in [3.63, 3.8) is 0 Å². The SMILES string of the molecule is COC(=O)c1cc(N)cc(F)n1. The van der Waals surface area contributed by atoms with Gasteiger partial charge in [-0.1, -0.05) is 0 Å². The number of ether oxygens (including phenoxy) is 1. The number of nitrogens with two attached hydrogens (primary N) is 1. The molecule has 0 amide bonds. The van der Waals surface area contributed by atoms with Gasteiger partial charge in [0.15, 0.2) is 5.69 Å². The average Bonchev–Trinajstić information content (AvgIpc) is 2.01. The Morgan fingerprint density at radius 1 is 1.67 bits per heavy atom. The van der Waals surface area contributed by atoms with E-state index >= 15 is 0 Å². The van der Waals surface area contributed by atoms with Crippen LogP contribution >= 0.6 is 0 Å². The van der Waals surface area contributed by atoms with Gasteiger partial charge in [0.05, 0.1) is 7.11 Å². The molecule has 1 aromatic rings. The van der Waals surface area contributed by atoms with Crippen molar-refractivity contribution in [3.05, 3.63) is 23.8 Å². The van der Waals surface area contributed by atoms with Gasteiger partial charge in [-0.05, 0) is 6.07 Å². The van der Waals surface area contributed by atoms with Crippen LogP contribution < -0.4 is 5.73 Å². The summed E-state index contributed by atoms with van der Waals surface area (Å²) in [4.78, 5) is 14.1. The monoisotopic (exact) mass is 170 g/mol. The molecule has 0 atom stereocenters. The first-order chi connectivity index (χ1) is 5.63. The van der Waals surface area contributed by atoms with Crippen LogP contribution in [-0.2, 0) is 4.74 Å². The number of hydrogen-bond donors (Lipinski definition) is 1. The predicted molar refractivity (Wildman–Crippen MR) is 39.9 cm³/mol. The molecule has 0 radical (unpaired) electrons. The molecule has 1 heterocycles. The fraction of sp³-hybridized carbons (Fsp3) is 0.143. The Balaban J connectivity index is 3.08. The Morgan fingerprint density at radius 3 is 2.83 bits per heavy atom. The lowest BCUT2D eigenvalue weighted by atomic mass is 10.3. The molecule has 2 N–H and O–H groups in total. The zero-order chi connectivity index (χ0) is 9.14. The average molecular weight is 170 g/mol. The van der Waals surface area contributed by atoms with E-state index in [1.807, 2.05) is 0 Å². The number of hydrogen-bond acceptors (Lipinski definition) is 4. The third-order valence-corrected chi connectivity index (χ3v) is 1.21. The number of rotatable bonds is 1. The number of methoxy groups -OCH3 is 1. The van der Waals surface area contributed by atoms with Crippen LogP contribution in [0.15, 0.2) is 12.1 Å². The molecule has 0 unspecified atom stereocenters. The van der Waals surface area contributed by atoms with E-state index in [1.54, 1.807) is 0 Å². The lowest BCUT2D eigenvalue weighted by Crippen LogP contribution is -2.06. The van der Waals surface area contributed by atoms with Crippen molar-refractivity contribution in [2.45, 2.75) is 0 Å². The van der Waals surface area contributed by atoms with Crippen molar-refractivity contribution in [2.75, 3.05) is 12.8 Å². The molecule has 1 rings (SSSR count). The number of aromatic nitrogens is 1. The minimum absolute atomic E-state index is 0.130. The zero-order valence-electron chi connectivity index (χ0n) is 6.37. The largest absolute Gasteiger partial charge is 0.464 e. The lowest BCUT2D eigenvalue weighted by molar-refractivity contribution is 0.0592. The van der Waals surface area contributed by atoms with Gasteiger partial charge in [-0.3, -0.25) is 0 Å². The van der Waals surface area contributed by atoms with E-state index in [9.17, 15) is 9.18 Å². The molecule has 5 heteroatoms. The fourth-order valence-electron chi connectivity index (χ4n) is 0.726. The normalized spacial score (nSPS) is 9.50. The van der Waals surface area contributed by atoms with Crippen molar-refractivity contribution in [3.8, 4) is 0 Å². The molecule has 4 nitrogen and oxygen atoms in total. The summed E-state index contributed by atoms with van der Waals surface area (Å²) in [6, 6.07) is 2.27. The molecular weight excluding hydrogens is 163 g/mol. The van der Waals surface area contributed by atoms with Gasteiger partial charge in [-0.2, -0.15) is 4.39 Å². The van der Waals surface area contributed by atoms with Crippen molar-refractivity contribution in [1.29, 1.82) is 0 Å². The molecule has 0 aliphatic rings. The topological polar surface area (TPSA) is 65.2 Å². The fourth-order valence-corrected chi connectivity index (χ4v) is 0.726. The highest BCUT2D eigenvalue weighted by Gasteiger charge is 2.08. The summed E-state index contributed by atoms with van der Waals surface area (Å²) in [5.74, 6) is -1.50. The van der Waals surface area contributed by atoms with Crippen LogP contribution in [0, 0.1) is 5.95 Å². The van der Waals surface area contributed by atoms with Crippen LogP contribution in [-0.4, -0.2) is 18.1 Å². The molecule has 1 aromatic heterocycles. The second-order valence-electron chi connectivity index (χ2n) is 2.10. The van der Waals surface area contributed by atoms with Gasteiger partial charge in [0, 0.05) is 11.8 Å². The molecule has 0 spiro atoms. The highest BCUT2D eigenvalue weighted by Crippen LogP contribution is 2.07. The van der Waals surface area contributed by atoms with Gasteiger partial charge in [-0.15, -0.1) is 0 Å². The van der Waals surface area contributed by atoms with Crippen molar-refractivity contribution >= 4 is 11.7 Å². The van der Waals surface area contributed by atoms with Gasteiger partial charge < -0.3 is 10.5 Å². The van der Waals surface area contributed by atoms with Crippen molar-refractivity contribution < 1.29 is 13.9 Å². The smallest absolute Gasteiger partial charge is 0.356 e. The third kappa shape index (κ3) is 1.69. The standard InChI is InChI=1S/C7H7FN2O2/c1-12-7(11)5-2-4(9)3-6(8)10-5/h2-3H,1H3,(H2,9,10). The van der Waals surface area contributed by atoms with Crippen molar-refractivity contribution in [1.82, 2.24) is 4.98 Å². The van der Waals surface area contributed by atoms with E-state index < -0.39 is 11.9 Å². The molecule has 0 saturated carbocycles. The van der Waals surface area contributed by atoms with E-state index in [0.717, 1.165) is 6.07 Å². The number of carbonyl (C=O) groups is 1. The van der Waals surface area contributed by atoms with Crippen LogP contribution in [0.1, 0.15) is 10.5 Å². The predicted octanol–water partition coefficient (Wildman–Crippen LogP) is 0.590. The molecule has 64 valence electrons. The van der Waals surface area contributed by atoms with E-state index in [1.165, 1.54) is 13.2 Å². The minimum atomic E-state index is -0.796. The second-order valence-corrected chi connectivity index (χ2v) is 2.10. The molecule has 0 fully saturated rings. The Hall–Kier alpha value is -1.65. The zero-order valence-corrected chi connectivity index (χ0v) is 6.37. The number of nitrogen functional groups attached to an aromatic ring is 1. The number of halogens is 1. The highest BCUT2D eigenvalue weighted by atomic mass is 19.1. The Labute approximate surface area is 68.2 Å². The maximum Gasteiger partial charge on any atom is 0.356 e. The van der Waals surface area contributed by atoms with E-state index in [2.05, 4.69) is 9.72 Å². The van der Waals surface area contributed by atoms with E-state index in [-0.39, 0.29) is 11.4 Å². The summed E-state index contributed by atoms with van der Waals surface area (Å²) >= 11 is 0. The summed E-state index contributed by atoms with van der Waals surface area (Å²) in [6.07, 6.45) is 0. The van der Waals surface area contributed by atoms with Crippen LogP contribution in [0.4, 0.5) is 10.1 Å². The molecule has 0 aliphatic heterocycles. The first-order valence-corrected chi connectivity index (χ1v) is 3.15. The summed E-state index contributed by atoms with van der Waals surface area (Å²) in [6.45, 7) is 0. The van der Waals surface area contributed by atoms with E-state index in [4.69, 9.17) is 5.73 Å². The summed E-state index contributed by atoms with van der Waals surface area (Å²) in [5.41, 5.74) is 5.28. The quantitative estimate of drug-likeness (QED) is 0.494. The third-order valence-electron chi connectivity index (χ3n) is 1.21. The number of anilines is 1. The Morgan fingerprint density at radius 2 is 2.33 bits per heavy atom. The van der Waals surface area contributed by atoms with Crippen LogP contribution in [0.25, 0.3) is 0 Å². The number of pyridine rings is 1. The molecule has 0 aliphatic carbocycles. The Kier molecular flexibility index (Phi) is 2.23.